The van der Waals surface area contributed by atoms with Crippen LogP contribution in [0.4, 0.5) is 10.5 Å². The van der Waals surface area contributed by atoms with Gasteiger partial charge in [0.25, 0.3) is 5.56 Å². The number of hydrogen-bond donors (Lipinski definition) is 2. The molecule has 0 spiro atoms. The number of fused-ring (bicyclic) bond motifs is 2. The molecule has 9 nitrogen and oxygen atoms in total. The number of nitrogens with zero attached hydrogens (tertiary/aromatic N) is 4. The summed E-state index contributed by atoms with van der Waals surface area (Å²) in [5.41, 5.74) is 3.28. The highest BCUT2D eigenvalue weighted by Crippen LogP contribution is 2.36. The molecule has 2 N–H and O–H groups in total. The molecule has 2 aromatic carbocycles. The largest absolute Gasteiger partial charge is 0.447 e. The van der Waals surface area contributed by atoms with Gasteiger partial charge in [-0.15, -0.1) is 11.3 Å². The summed E-state index contributed by atoms with van der Waals surface area (Å²) in [6.07, 6.45) is 3.22. The van der Waals surface area contributed by atoms with E-state index in [9.17, 15) is 9.59 Å². The van der Waals surface area contributed by atoms with E-state index in [-0.39, 0.29) is 23.7 Å². The summed E-state index contributed by atoms with van der Waals surface area (Å²) in [6.45, 7) is 4.05. The molecular formula is C28H29ClN6O3S. The van der Waals surface area contributed by atoms with E-state index < -0.39 is 0 Å². The SMILES string of the molecule is CNCc1cnc(-c2cc3nc(C)n(Cc4ccc(Cl)cc4)c(=O)c3cc2N[C@H]2CCN3C(=O)OC[C@@H]3C2)s1. The molecule has 0 bridgehead atoms. The van der Waals surface area contributed by atoms with Gasteiger partial charge in [-0.25, -0.2) is 14.8 Å². The predicted octanol–water partition coefficient (Wildman–Crippen LogP) is 4.64. The van der Waals surface area contributed by atoms with Crippen molar-refractivity contribution in [1.29, 1.82) is 0 Å². The maximum atomic E-state index is 13.8. The number of carbonyl (C=O) groups excluding carboxylic acids is 1. The van der Waals surface area contributed by atoms with Crippen LogP contribution in [-0.2, 0) is 17.8 Å². The Balaban J connectivity index is 1.40. The number of rotatable bonds is 7. The number of cyclic esters (lactones) is 1. The minimum atomic E-state index is -0.229. The number of anilines is 1. The number of carbonyl (C=O) groups is 1. The fourth-order valence-corrected chi connectivity index (χ4v) is 6.45. The number of nitrogens with one attached hydrogen (secondary N) is 2. The Morgan fingerprint density at radius 2 is 2.03 bits per heavy atom. The summed E-state index contributed by atoms with van der Waals surface area (Å²) >= 11 is 7.67. The van der Waals surface area contributed by atoms with Crippen LogP contribution in [-0.4, -0.2) is 57.8 Å². The van der Waals surface area contributed by atoms with Gasteiger partial charge in [-0.3, -0.25) is 9.36 Å². The van der Waals surface area contributed by atoms with Gasteiger partial charge in [0.1, 0.15) is 17.4 Å². The summed E-state index contributed by atoms with van der Waals surface area (Å²) in [4.78, 5) is 38.2. The highest BCUT2D eigenvalue weighted by atomic mass is 35.5. The lowest BCUT2D eigenvalue weighted by atomic mass is 9.97. The molecule has 2 aliphatic heterocycles. The lowest BCUT2D eigenvalue weighted by Gasteiger charge is -2.33. The third-order valence-corrected chi connectivity index (χ3v) is 8.66. The second-order valence-corrected chi connectivity index (χ2v) is 11.6. The van der Waals surface area contributed by atoms with Crippen molar-refractivity contribution in [2.24, 2.45) is 0 Å². The Morgan fingerprint density at radius 3 is 2.82 bits per heavy atom. The van der Waals surface area contributed by atoms with Crippen LogP contribution in [0.15, 0.2) is 47.4 Å². The molecule has 1 amide bonds. The average Bonchev–Trinajstić information content (AvgIpc) is 3.54. The van der Waals surface area contributed by atoms with E-state index in [2.05, 4.69) is 10.6 Å². The monoisotopic (exact) mass is 564 g/mol. The van der Waals surface area contributed by atoms with E-state index in [1.54, 1.807) is 15.9 Å². The van der Waals surface area contributed by atoms with Crippen LogP contribution >= 0.6 is 22.9 Å². The number of piperidine rings is 1. The van der Waals surface area contributed by atoms with E-state index >= 15 is 0 Å². The van der Waals surface area contributed by atoms with Gasteiger partial charge < -0.3 is 20.3 Å². The molecular weight excluding hydrogens is 536 g/mol. The number of aromatic nitrogens is 3. The van der Waals surface area contributed by atoms with Gasteiger partial charge in [-0.2, -0.15) is 0 Å². The smallest absolute Gasteiger partial charge is 0.410 e. The first-order valence-corrected chi connectivity index (χ1v) is 14.2. The maximum absolute atomic E-state index is 13.8. The number of thiazole rings is 1. The van der Waals surface area contributed by atoms with Crippen LogP contribution in [0.2, 0.25) is 5.02 Å². The number of amides is 1. The molecule has 4 aromatic rings. The van der Waals surface area contributed by atoms with Crippen molar-refractivity contribution < 1.29 is 9.53 Å². The molecule has 0 aliphatic carbocycles. The van der Waals surface area contributed by atoms with Crippen LogP contribution in [0.3, 0.4) is 0 Å². The molecule has 2 fully saturated rings. The predicted molar refractivity (Wildman–Crippen MR) is 154 cm³/mol. The number of halogens is 1. The molecule has 2 aliphatic rings. The molecule has 2 aromatic heterocycles. The zero-order valence-electron chi connectivity index (χ0n) is 21.7. The van der Waals surface area contributed by atoms with E-state index in [0.717, 1.165) is 46.1 Å². The topological polar surface area (TPSA) is 101 Å². The van der Waals surface area contributed by atoms with E-state index in [1.165, 1.54) is 0 Å². The summed E-state index contributed by atoms with van der Waals surface area (Å²) in [5, 5.41) is 8.94. The summed E-state index contributed by atoms with van der Waals surface area (Å²) in [7, 11) is 1.91. The second kappa shape index (κ2) is 10.6. The van der Waals surface area contributed by atoms with Crippen molar-refractivity contribution in [3.8, 4) is 10.6 Å². The Bertz CT molecular complexity index is 1600. The molecule has 0 unspecified atom stereocenters. The highest BCUT2D eigenvalue weighted by Gasteiger charge is 2.38. The molecule has 202 valence electrons. The summed E-state index contributed by atoms with van der Waals surface area (Å²) < 4.78 is 6.95. The van der Waals surface area contributed by atoms with Crippen LogP contribution in [0.1, 0.15) is 29.1 Å². The second-order valence-electron chi connectivity index (χ2n) is 10.0. The van der Waals surface area contributed by atoms with Crippen molar-refractivity contribution >= 4 is 45.6 Å². The Morgan fingerprint density at radius 1 is 1.21 bits per heavy atom. The third kappa shape index (κ3) is 5.11. The van der Waals surface area contributed by atoms with Crippen molar-refractivity contribution in [1.82, 2.24) is 24.8 Å². The Hall–Kier alpha value is -3.47. The highest BCUT2D eigenvalue weighted by molar-refractivity contribution is 7.15. The minimum Gasteiger partial charge on any atom is -0.447 e. The first kappa shape index (κ1) is 25.8. The van der Waals surface area contributed by atoms with Crippen molar-refractivity contribution in [3.63, 3.8) is 0 Å². The maximum Gasteiger partial charge on any atom is 0.410 e. The summed E-state index contributed by atoms with van der Waals surface area (Å²) in [6, 6.07) is 11.6. The molecule has 0 radical (unpaired) electrons. The fraction of sp³-hybridized carbons (Fsp3) is 0.357. The van der Waals surface area contributed by atoms with Crippen LogP contribution < -0.4 is 16.2 Å². The van der Waals surface area contributed by atoms with Crippen LogP contribution in [0.5, 0.6) is 0 Å². The number of aryl methyl sites for hydroxylation is 1. The molecule has 2 atom stereocenters. The van der Waals surface area contributed by atoms with Gasteiger partial charge in [0, 0.05) is 46.5 Å². The first-order valence-electron chi connectivity index (χ1n) is 13.0. The summed E-state index contributed by atoms with van der Waals surface area (Å²) in [5.74, 6) is 0.641. The zero-order chi connectivity index (χ0) is 27.1. The van der Waals surface area contributed by atoms with Crippen molar-refractivity contribution in [3.05, 3.63) is 74.2 Å². The van der Waals surface area contributed by atoms with Gasteiger partial charge in [-0.1, -0.05) is 23.7 Å². The van der Waals surface area contributed by atoms with Crippen molar-refractivity contribution in [2.45, 2.75) is 44.9 Å². The molecule has 11 heteroatoms. The quantitative estimate of drug-likeness (QED) is 0.337. The Labute approximate surface area is 234 Å². The van der Waals surface area contributed by atoms with Crippen LogP contribution in [0, 0.1) is 6.92 Å². The van der Waals surface area contributed by atoms with E-state index in [4.69, 9.17) is 26.3 Å². The zero-order valence-corrected chi connectivity index (χ0v) is 23.3. The molecule has 6 rings (SSSR count). The molecule has 4 heterocycles. The fourth-order valence-electron chi connectivity index (χ4n) is 5.37. The first-order chi connectivity index (χ1) is 18.9. The average molecular weight is 565 g/mol. The minimum absolute atomic E-state index is 0.0654. The van der Waals surface area contributed by atoms with Gasteiger partial charge in [0.2, 0.25) is 0 Å². The van der Waals surface area contributed by atoms with E-state index in [1.807, 2.05) is 61.5 Å². The van der Waals surface area contributed by atoms with E-state index in [0.29, 0.717) is 41.4 Å². The van der Waals surface area contributed by atoms with Gasteiger partial charge in [0.05, 0.1) is 23.5 Å². The molecule has 0 saturated carbocycles. The standard InChI is InChI=1S/C28H29ClN6O3S/c1-16-32-25-10-22(26-31-13-21(39-26)12-30-2)24(33-19-7-8-34-20(9-19)15-38-28(34)37)11-23(25)27(36)35(16)14-17-3-5-18(29)6-4-17/h3-6,10-11,13,19-20,30,33H,7-9,12,14-15H2,1-2H3/t19-,20-/m0/s1. The van der Waals surface area contributed by atoms with Crippen LogP contribution in [0.25, 0.3) is 21.5 Å². The normalized spacial score (nSPS) is 18.8. The van der Waals surface area contributed by atoms with Gasteiger partial charge in [-0.05, 0) is 56.6 Å². The molecule has 2 saturated heterocycles. The van der Waals surface area contributed by atoms with Gasteiger partial charge in [0.15, 0.2) is 0 Å². The lowest BCUT2D eigenvalue weighted by Crippen LogP contribution is -2.45. The Kier molecular flexibility index (Phi) is 7.01. The van der Waals surface area contributed by atoms with Crippen molar-refractivity contribution in [2.75, 3.05) is 25.5 Å². The lowest BCUT2D eigenvalue weighted by molar-refractivity contribution is 0.153. The van der Waals surface area contributed by atoms with Gasteiger partial charge >= 0.3 is 6.09 Å². The molecule has 39 heavy (non-hydrogen) atoms. The third-order valence-electron chi connectivity index (χ3n) is 7.38. The number of benzene rings is 2. The number of ether oxygens (including phenoxy) is 1. The number of hydrogen-bond acceptors (Lipinski definition) is 8.